The van der Waals surface area contributed by atoms with E-state index in [0.29, 0.717) is 24.6 Å². The van der Waals surface area contributed by atoms with Crippen LogP contribution in [0.1, 0.15) is 31.7 Å². The van der Waals surface area contributed by atoms with Crippen LogP contribution >= 0.6 is 0 Å². The first-order valence-electron chi connectivity index (χ1n) is 8.63. The van der Waals surface area contributed by atoms with E-state index in [4.69, 9.17) is 15.2 Å². The Balaban J connectivity index is 1.89. The fourth-order valence-electron chi connectivity index (χ4n) is 2.92. The minimum absolute atomic E-state index is 0.0107. The molecule has 7 heteroatoms. The topological polar surface area (TPSA) is 103 Å². The molecule has 1 aliphatic rings. The molecule has 0 radical (unpaired) electrons. The van der Waals surface area contributed by atoms with Crippen molar-refractivity contribution in [1.82, 2.24) is 10.6 Å². The van der Waals surface area contributed by atoms with E-state index in [1.165, 1.54) is 7.11 Å². The van der Waals surface area contributed by atoms with Gasteiger partial charge in [0.05, 0.1) is 7.11 Å². The van der Waals surface area contributed by atoms with Gasteiger partial charge in [0, 0.05) is 25.0 Å². The second-order valence-corrected chi connectivity index (χ2v) is 6.22. The zero-order chi connectivity index (χ0) is 18.2. The van der Waals surface area contributed by atoms with E-state index in [2.05, 4.69) is 10.6 Å². The third kappa shape index (κ3) is 5.63. The summed E-state index contributed by atoms with van der Waals surface area (Å²) >= 11 is 0. The van der Waals surface area contributed by atoms with Gasteiger partial charge in [-0.15, -0.1) is 0 Å². The number of hydrogen-bond donors (Lipinski definition) is 3. The van der Waals surface area contributed by atoms with Crippen LogP contribution in [0, 0.1) is 5.92 Å². The zero-order valence-corrected chi connectivity index (χ0v) is 14.8. The van der Waals surface area contributed by atoms with Crippen molar-refractivity contribution in [1.29, 1.82) is 0 Å². The molecule has 2 amide bonds. The number of hydrogen-bond acceptors (Lipinski definition) is 5. The van der Waals surface area contributed by atoms with Crippen LogP contribution in [-0.4, -0.2) is 38.1 Å². The highest BCUT2D eigenvalue weighted by molar-refractivity contribution is 5.79. The number of amides is 2. The van der Waals surface area contributed by atoms with E-state index in [1.54, 1.807) is 12.1 Å². The lowest BCUT2D eigenvalue weighted by Gasteiger charge is -2.14. The number of nitrogens with one attached hydrogen (secondary N) is 2. The van der Waals surface area contributed by atoms with Gasteiger partial charge in [-0.05, 0) is 43.9 Å². The van der Waals surface area contributed by atoms with Gasteiger partial charge < -0.3 is 25.8 Å². The summed E-state index contributed by atoms with van der Waals surface area (Å²) in [5, 5.41) is 5.61. The summed E-state index contributed by atoms with van der Waals surface area (Å²) in [7, 11) is 1.54. The lowest BCUT2D eigenvalue weighted by Crippen LogP contribution is -2.30. The molecule has 0 aliphatic heterocycles. The molecule has 4 N–H and O–H groups in total. The van der Waals surface area contributed by atoms with Gasteiger partial charge in [-0.3, -0.25) is 9.59 Å². The molecular formula is C18H27N3O4. The SMILES string of the molecule is CCNC(=O)COc1ccc(CNC(=O)C2CCC(N)C2)cc1OC. The number of likely N-dealkylation sites (N-methyl/N-ethyl adjacent to an activating group) is 1. The van der Waals surface area contributed by atoms with Crippen molar-refractivity contribution in [3.63, 3.8) is 0 Å². The van der Waals surface area contributed by atoms with E-state index < -0.39 is 0 Å². The maximum atomic E-state index is 12.2. The Morgan fingerprint density at radius 3 is 2.68 bits per heavy atom. The molecule has 0 aromatic heterocycles. The Morgan fingerprint density at radius 2 is 2.04 bits per heavy atom. The molecule has 7 nitrogen and oxygen atoms in total. The van der Waals surface area contributed by atoms with Crippen molar-refractivity contribution in [2.75, 3.05) is 20.3 Å². The third-order valence-corrected chi connectivity index (χ3v) is 4.27. The molecule has 1 fully saturated rings. The molecule has 0 heterocycles. The second kappa shape index (κ2) is 9.27. The fourth-order valence-corrected chi connectivity index (χ4v) is 2.92. The van der Waals surface area contributed by atoms with Crippen LogP contribution in [-0.2, 0) is 16.1 Å². The number of carbonyl (C=O) groups excluding carboxylic acids is 2. The highest BCUT2D eigenvalue weighted by Gasteiger charge is 2.27. The first-order valence-corrected chi connectivity index (χ1v) is 8.63. The molecule has 138 valence electrons. The predicted octanol–water partition coefficient (Wildman–Crippen LogP) is 0.954. The van der Waals surface area contributed by atoms with Crippen LogP contribution in [0.2, 0.25) is 0 Å². The van der Waals surface area contributed by atoms with Crippen LogP contribution in [0.5, 0.6) is 11.5 Å². The monoisotopic (exact) mass is 349 g/mol. The lowest BCUT2D eigenvalue weighted by atomic mass is 10.1. The van der Waals surface area contributed by atoms with Gasteiger partial charge in [-0.25, -0.2) is 0 Å². The number of carbonyl (C=O) groups is 2. The van der Waals surface area contributed by atoms with Gasteiger partial charge in [0.25, 0.3) is 5.91 Å². The lowest BCUT2D eigenvalue weighted by molar-refractivity contribution is -0.125. The molecule has 1 aliphatic carbocycles. The summed E-state index contributed by atoms with van der Waals surface area (Å²) < 4.78 is 10.8. The third-order valence-electron chi connectivity index (χ3n) is 4.27. The standard InChI is InChI=1S/C18H27N3O4/c1-3-20-17(22)11-25-15-7-4-12(8-16(15)24-2)10-21-18(23)13-5-6-14(19)9-13/h4,7-8,13-14H,3,5-6,9-11,19H2,1-2H3,(H,20,22)(H,21,23). The highest BCUT2D eigenvalue weighted by Crippen LogP contribution is 2.28. The summed E-state index contributed by atoms with van der Waals surface area (Å²) in [6.45, 7) is 2.75. The maximum absolute atomic E-state index is 12.2. The largest absolute Gasteiger partial charge is 0.493 e. The first-order chi connectivity index (χ1) is 12.0. The molecule has 1 saturated carbocycles. The first kappa shape index (κ1) is 19.1. The molecule has 1 aromatic carbocycles. The average molecular weight is 349 g/mol. The van der Waals surface area contributed by atoms with Crippen LogP contribution in [0.25, 0.3) is 0 Å². The molecule has 0 bridgehead atoms. The van der Waals surface area contributed by atoms with Gasteiger partial charge in [0.2, 0.25) is 5.91 Å². The Hall–Kier alpha value is -2.28. The van der Waals surface area contributed by atoms with Crippen LogP contribution in [0.4, 0.5) is 0 Å². The van der Waals surface area contributed by atoms with Crippen LogP contribution < -0.4 is 25.8 Å². The normalized spacial score (nSPS) is 19.3. The van der Waals surface area contributed by atoms with Gasteiger partial charge >= 0.3 is 0 Å². The van der Waals surface area contributed by atoms with Gasteiger partial charge in [0.1, 0.15) is 0 Å². The van der Waals surface area contributed by atoms with Crippen LogP contribution in [0.3, 0.4) is 0 Å². The van der Waals surface area contributed by atoms with E-state index >= 15 is 0 Å². The molecule has 2 atom stereocenters. The number of benzene rings is 1. The van der Waals surface area contributed by atoms with Crippen molar-refractivity contribution in [3.8, 4) is 11.5 Å². The summed E-state index contributed by atoms with van der Waals surface area (Å²) in [6, 6.07) is 5.52. The summed E-state index contributed by atoms with van der Waals surface area (Å²) in [5.74, 6) is 0.889. The Bertz CT molecular complexity index is 606. The molecule has 25 heavy (non-hydrogen) atoms. The van der Waals surface area contributed by atoms with E-state index in [1.807, 2.05) is 13.0 Å². The van der Waals surface area contributed by atoms with Crippen molar-refractivity contribution in [3.05, 3.63) is 23.8 Å². The van der Waals surface area contributed by atoms with E-state index in [0.717, 1.165) is 24.8 Å². The molecule has 0 spiro atoms. The zero-order valence-electron chi connectivity index (χ0n) is 14.8. The summed E-state index contributed by atoms with van der Waals surface area (Å²) in [4.78, 5) is 23.6. The number of ether oxygens (including phenoxy) is 2. The Kier molecular flexibility index (Phi) is 7.06. The quantitative estimate of drug-likeness (QED) is 0.648. The van der Waals surface area contributed by atoms with E-state index in [-0.39, 0.29) is 30.4 Å². The molecule has 2 unspecified atom stereocenters. The Morgan fingerprint density at radius 1 is 1.24 bits per heavy atom. The van der Waals surface area contributed by atoms with Gasteiger partial charge in [0.15, 0.2) is 18.1 Å². The van der Waals surface area contributed by atoms with E-state index in [9.17, 15) is 9.59 Å². The van der Waals surface area contributed by atoms with Crippen LogP contribution in [0.15, 0.2) is 18.2 Å². The predicted molar refractivity (Wildman–Crippen MR) is 94.3 cm³/mol. The molecule has 0 saturated heterocycles. The Labute approximate surface area is 148 Å². The highest BCUT2D eigenvalue weighted by atomic mass is 16.5. The minimum Gasteiger partial charge on any atom is -0.493 e. The summed E-state index contributed by atoms with van der Waals surface area (Å²) in [5.41, 5.74) is 6.76. The molecular weight excluding hydrogens is 322 g/mol. The minimum atomic E-state index is -0.185. The van der Waals surface area contributed by atoms with Crippen molar-refractivity contribution in [2.45, 2.75) is 38.8 Å². The molecule has 2 rings (SSSR count). The molecule has 1 aromatic rings. The fraction of sp³-hybridized carbons (Fsp3) is 0.556. The van der Waals surface area contributed by atoms with Crippen molar-refractivity contribution >= 4 is 11.8 Å². The van der Waals surface area contributed by atoms with Crippen molar-refractivity contribution < 1.29 is 19.1 Å². The number of nitrogens with two attached hydrogens (primary N) is 1. The maximum Gasteiger partial charge on any atom is 0.257 e. The average Bonchev–Trinajstić information content (AvgIpc) is 3.05. The number of methoxy groups -OCH3 is 1. The second-order valence-electron chi connectivity index (χ2n) is 6.22. The summed E-state index contributed by atoms with van der Waals surface area (Å²) in [6.07, 6.45) is 2.51. The number of rotatable bonds is 8. The smallest absolute Gasteiger partial charge is 0.257 e. The van der Waals surface area contributed by atoms with Gasteiger partial charge in [-0.1, -0.05) is 6.07 Å². The van der Waals surface area contributed by atoms with Crippen molar-refractivity contribution in [2.24, 2.45) is 11.7 Å². The van der Waals surface area contributed by atoms with Gasteiger partial charge in [-0.2, -0.15) is 0 Å².